The van der Waals surface area contributed by atoms with Crippen LogP contribution >= 0.6 is 0 Å². The first-order chi connectivity index (χ1) is 23.1. The maximum Gasteiger partial charge on any atom is 0.163 e. The molecule has 0 aliphatic heterocycles. The van der Waals surface area contributed by atoms with Crippen LogP contribution in [0.15, 0.2) is 97.1 Å². The molecule has 0 aliphatic carbocycles. The molecule has 2 N–H and O–H groups in total. The number of aryl methyl sites for hydroxylation is 2. The van der Waals surface area contributed by atoms with Crippen molar-refractivity contribution in [2.75, 3.05) is 46.1 Å². The monoisotopic (exact) mass is 648 g/mol. The summed E-state index contributed by atoms with van der Waals surface area (Å²) >= 11 is 0. The highest BCUT2D eigenvalue weighted by molar-refractivity contribution is 5.68. The zero-order valence-electron chi connectivity index (χ0n) is 29.6. The SMILES string of the molecule is COc1cc(C)cc(C(C)c2ccc(OC)c(N)c2)c1.COc1ccc(N(C)c2cc(C)c(C)c(OC)c2)cc1OCc1ccccc1. The summed E-state index contributed by atoms with van der Waals surface area (Å²) in [7, 11) is 8.71. The van der Waals surface area contributed by atoms with Gasteiger partial charge in [-0.15, -0.1) is 0 Å². The molecular formula is C41H48N2O5. The van der Waals surface area contributed by atoms with E-state index in [1.54, 1.807) is 28.4 Å². The lowest BCUT2D eigenvalue weighted by Crippen LogP contribution is -2.11. The molecule has 0 spiro atoms. The molecule has 48 heavy (non-hydrogen) atoms. The molecule has 1 unspecified atom stereocenters. The molecule has 0 aromatic heterocycles. The molecule has 0 saturated carbocycles. The second-order valence-electron chi connectivity index (χ2n) is 11.8. The predicted molar refractivity (Wildman–Crippen MR) is 197 cm³/mol. The third-order valence-electron chi connectivity index (χ3n) is 8.55. The van der Waals surface area contributed by atoms with Crippen molar-refractivity contribution in [3.8, 4) is 28.7 Å². The number of methoxy groups -OCH3 is 4. The fourth-order valence-corrected chi connectivity index (χ4v) is 5.44. The first kappa shape index (κ1) is 35.6. The van der Waals surface area contributed by atoms with E-state index in [2.05, 4.69) is 62.9 Å². The van der Waals surface area contributed by atoms with Crippen LogP contribution in [0.3, 0.4) is 0 Å². The van der Waals surface area contributed by atoms with E-state index in [1.165, 1.54) is 16.7 Å². The third-order valence-corrected chi connectivity index (χ3v) is 8.55. The number of benzene rings is 5. The van der Waals surface area contributed by atoms with Gasteiger partial charge >= 0.3 is 0 Å². The minimum Gasteiger partial charge on any atom is -0.497 e. The lowest BCUT2D eigenvalue weighted by Gasteiger charge is -2.23. The van der Waals surface area contributed by atoms with Crippen molar-refractivity contribution in [3.05, 3.63) is 130 Å². The fourth-order valence-electron chi connectivity index (χ4n) is 5.44. The van der Waals surface area contributed by atoms with E-state index < -0.39 is 0 Å². The van der Waals surface area contributed by atoms with Crippen LogP contribution in [0.25, 0.3) is 0 Å². The number of nitrogens with zero attached hydrogens (tertiary/aromatic N) is 1. The highest BCUT2D eigenvalue weighted by atomic mass is 16.5. The van der Waals surface area contributed by atoms with Crippen molar-refractivity contribution in [3.63, 3.8) is 0 Å². The molecule has 0 aliphatic rings. The van der Waals surface area contributed by atoms with Gasteiger partial charge in [-0.2, -0.15) is 0 Å². The van der Waals surface area contributed by atoms with E-state index in [0.29, 0.717) is 29.5 Å². The Kier molecular flexibility index (Phi) is 12.2. The summed E-state index contributed by atoms with van der Waals surface area (Å²) < 4.78 is 27.6. The molecule has 252 valence electrons. The topological polar surface area (TPSA) is 75.4 Å². The molecule has 0 saturated heterocycles. The summed E-state index contributed by atoms with van der Waals surface area (Å²) in [5, 5.41) is 0. The highest BCUT2D eigenvalue weighted by Crippen LogP contribution is 2.37. The standard InChI is InChI=1S/C24H27NO3.C17H21NO2/c1-17-13-21(15-23(27-5)18(17)2)25(3)20-11-12-22(26-4)24(14-20)28-16-19-9-7-6-8-10-19;1-11-7-14(9-15(8-11)19-3)12(2)13-5-6-17(20-4)16(18)10-13/h6-15H,16H2,1-5H3;5-10,12H,18H2,1-4H3. The van der Waals surface area contributed by atoms with Crippen molar-refractivity contribution in [1.29, 1.82) is 0 Å². The Balaban J connectivity index is 0.000000229. The molecule has 7 nitrogen and oxygen atoms in total. The van der Waals surface area contributed by atoms with Crippen molar-refractivity contribution >= 4 is 17.1 Å². The van der Waals surface area contributed by atoms with Crippen LogP contribution in [0.2, 0.25) is 0 Å². The van der Waals surface area contributed by atoms with Crippen LogP contribution in [0.4, 0.5) is 17.1 Å². The number of rotatable bonds is 11. The van der Waals surface area contributed by atoms with E-state index in [1.807, 2.05) is 73.8 Å². The van der Waals surface area contributed by atoms with Gasteiger partial charge in [0, 0.05) is 36.5 Å². The van der Waals surface area contributed by atoms with Gasteiger partial charge in [-0.05, 0) is 96.6 Å². The Labute approximate surface area is 285 Å². The molecule has 1 atom stereocenters. The molecule has 0 bridgehead atoms. The maximum absolute atomic E-state index is 6.05. The van der Waals surface area contributed by atoms with Gasteiger partial charge in [0.15, 0.2) is 11.5 Å². The van der Waals surface area contributed by atoms with Crippen molar-refractivity contribution in [2.45, 2.75) is 40.2 Å². The molecule has 5 rings (SSSR count). The van der Waals surface area contributed by atoms with Gasteiger partial charge in [0.25, 0.3) is 0 Å². The summed E-state index contributed by atoms with van der Waals surface area (Å²) in [5.74, 6) is 4.15. The number of anilines is 3. The van der Waals surface area contributed by atoms with Crippen LogP contribution in [-0.4, -0.2) is 35.5 Å². The smallest absolute Gasteiger partial charge is 0.163 e. The van der Waals surface area contributed by atoms with Gasteiger partial charge in [0.05, 0.1) is 34.1 Å². The van der Waals surface area contributed by atoms with Gasteiger partial charge in [0.2, 0.25) is 0 Å². The summed E-state index contributed by atoms with van der Waals surface area (Å²) in [6.45, 7) is 8.89. The minimum absolute atomic E-state index is 0.247. The maximum atomic E-state index is 6.05. The minimum atomic E-state index is 0.247. The summed E-state index contributed by atoms with van der Waals surface area (Å²) in [5.41, 5.74) is 15.7. The Bertz CT molecular complexity index is 1810. The van der Waals surface area contributed by atoms with Gasteiger partial charge < -0.3 is 34.3 Å². The third kappa shape index (κ3) is 8.73. The van der Waals surface area contributed by atoms with Crippen molar-refractivity contribution in [1.82, 2.24) is 0 Å². The summed E-state index contributed by atoms with van der Waals surface area (Å²) in [6.07, 6.45) is 0. The fraction of sp³-hybridized carbons (Fsp3) is 0.268. The number of nitrogen functional groups attached to an aromatic ring is 1. The van der Waals surface area contributed by atoms with E-state index in [9.17, 15) is 0 Å². The molecule has 0 amide bonds. The molecular weight excluding hydrogens is 600 g/mol. The molecule has 0 radical (unpaired) electrons. The van der Waals surface area contributed by atoms with Crippen LogP contribution in [0, 0.1) is 20.8 Å². The van der Waals surface area contributed by atoms with Crippen LogP contribution < -0.4 is 34.3 Å². The second kappa shape index (κ2) is 16.5. The van der Waals surface area contributed by atoms with Crippen LogP contribution in [0.5, 0.6) is 28.7 Å². The Morgan fingerprint density at radius 2 is 1.29 bits per heavy atom. The van der Waals surface area contributed by atoms with Crippen LogP contribution in [0.1, 0.15) is 46.2 Å². The normalized spacial score (nSPS) is 11.1. The number of ether oxygens (including phenoxy) is 5. The zero-order chi connectivity index (χ0) is 34.8. The molecule has 5 aromatic rings. The van der Waals surface area contributed by atoms with Crippen molar-refractivity contribution in [2.24, 2.45) is 0 Å². The average Bonchev–Trinajstić information content (AvgIpc) is 3.11. The zero-order valence-corrected chi connectivity index (χ0v) is 29.6. The van der Waals surface area contributed by atoms with Crippen LogP contribution in [-0.2, 0) is 6.61 Å². The Hall–Kier alpha value is -5.30. The van der Waals surface area contributed by atoms with Crippen molar-refractivity contribution < 1.29 is 23.7 Å². The lowest BCUT2D eigenvalue weighted by atomic mass is 9.91. The second-order valence-corrected chi connectivity index (χ2v) is 11.8. The molecule has 5 aromatic carbocycles. The largest absolute Gasteiger partial charge is 0.497 e. The summed E-state index contributed by atoms with van der Waals surface area (Å²) in [4.78, 5) is 2.11. The van der Waals surface area contributed by atoms with E-state index in [0.717, 1.165) is 39.6 Å². The first-order valence-corrected chi connectivity index (χ1v) is 15.9. The summed E-state index contributed by atoms with van der Waals surface area (Å²) in [6, 6.07) is 32.5. The highest BCUT2D eigenvalue weighted by Gasteiger charge is 2.14. The Morgan fingerprint density at radius 1 is 0.625 bits per heavy atom. The van der Waals surface area contributed by atoms with E-state index in [4.69, 9.17) is 29.4 Å². The lowest BCUT2D eigenvalue weighted by molar-refractivity contribution is 0.284. The Morgan fingerprint density at radius 3 is 1.94 bits per heavy atom. The van der Waals surface area contributed by atoms with Gasteiger partial charge in [0.1, 0.15) is 23.9 Å². The average molecular weight is 649 g/mol. The molecule has 0 fully saturated rings. The van der Waals surface area contributed by atoms with E-state index in [-0.39, 0.29) is 5.92 Å². The predicted octanol–water partition coefficient (Wildman–Crippen LogP) is 9.41. The first-order valence-electron chi connectivity index (χ1n) is 15.9. The quantitative estimate of drug-likeness (QED) is 0.143. The number of nitrogens with two attached hydrogens (primary N) is 1. The van der Waals surface area contributed by atoms with Gasteiger partial charge in [-0.1, -0.05) is 49.4 Å². The van der Waals surface area contributed by atoms with E-state index >= 15 is 0 Å². The molecule has 7 heteroatoms. The van der Waals surface area contributed by atoms with Gasteiger partial charge in [-0.25, -0.2) is 0 Å². The number of hydrogen-bond acceptors (Lipinski definition) is 7. The van der Waals surface area contributed by atoms with Gasteiger partial charge in [-0.3, -0.25) is 0 Å². The molecule has 0 heterocycles. The number of hydrogen-bond donors (Lipinski definition) is 1.